The molecule has 1 N–H and O–H groups in total. The molecule has 4 heteroatoms. The van der Waals surface area contributed by atoms with Gasteiger partial charge < -0.3 is 9.84 Å². The lowest BCUT2D eigenvalue weighted by Gasteiger charge is -2.10. The number of hydrogen-bond donors (Lipinski definition) is 1. The van der Waals surface area contributed by atoms with Crippen molar-refractivity contribution in [3.05, 3.63) is 28.8 Å². The number of aryl methyl sites for hydroxylation is 1. The molecule has 3 nitrogen and oxygen atoms in total. The highest BCUT2D eigenvalue weighted by atomic mass is 35.5. The molecule has 0 aromatic heterocycles. The van der Waals surface area contributed by atoms with Crippen molar-refractivity contribution in [2.75, 3.05) is 7.11 Å². The molecule has 0 spiro atoms. The van der Waals surface area contributed by atoms with Crippen LogP contribution in [-0.4, -0.2) is 18.2 Å². The Hall–Kier alpha value is -1.22. The van der Waals surface area contributed by atoms with Crippen molar-refractivity contribution >= 4 is 17.6 Å². The molecule has 0 fully saturated rings. The monoisotopic (exact) mass is 242 g/mol. The van der Waals surface area contributed by atoms with Gasteiger partial charge in [0.05, 0.1) is 13.0 Å². The number of ether oxygens (including phenoxy) is 1. The number of methoxy groups -OCH3 is 1. The first-order chi connectivity index (χ1) is 7.54. The molecular weight excluding hydrogens is 228 g/mol. The van der Waals surface area contributed by atoms with E-state index < -0.39 is 5.97 Å². The average molecular weight is 243 g/mol. The Labute approximate surface area is 100.0 Å². The Bertz CT molecular complexity index is 377. The number of halogens is 1. The smallest absolute Gasteiger partial charge is 0.306 e. The van der Waals surface area contributed by atoms with Gasteiger partial charge in [-0.1, -0.05) is 18.5 Å². The largest absolute Gasteiger partial charge is 0.496 e. The van der Waals surface area contributed by atoms with Gasteiger partial charge in [-0.05, 0) is 36.6 Å². The third-order valence-electron chi connectivity index (χ3n) is 2.51. The van der Waals surface area contributed by atoms with Crippen LogP contribution in [0.1, 0.15) is 18.9 Å². The lowest BCUT2D eigenvalue weighted by molar-refractivity contribution is -0.141. The normalized spacial score (nSPS) is 12.2. The molecule has 1 aromatic rings. The van der Waals surface area contributed by atoms with E-state index in [1.54, 1.807) is 26.2 Å². The quantitative estimate of drug-likeness (QED) is 0.864. The molecule has 0 aliphatic rings. The molecule has 0 saturated carbocycles. The van der Waals surface area contributed by atoms with Crippen molar-refractivity contribution in [1.29, 1.82) is 0 Å². The van der Waals surface area contributed by atoms with E-state index in [1.807, 2.05) is 6.07 Å². The van der Waals surface area contributed by atoms with Crippen molar-refractivity contribution in [2.45, 2.75) is 19.8 Å². The Morgan fingerprint density at radius 3 is 2.81 bits per heavy atom. The molecule has 1 rings (SSSR count). The summed E-state index contributed by atoms with van der Waals surface area (Å²) in [5.41, 5.74) is 0.947. The van der Waals surface area contributed by atoms with Gasteiger partial charge in [0.1, 0.15) is 5.75 Å². The Morgan fingerprint density at radius 1 is 1.56 bits per heavy atom. The summed E-state index contributed by atoms with van der Waals surface area (Å²) in [5, 5.41) is 9.42. The number of carboxylic acids is 1. The average Bonchev–Trinajstić information content (AvgIpc) is 2.25. The summed E-state index contributed by atoms with van der Waals surface area (Å²) in [6.45, 7) is 1.69. The van der Waals surface area contributed by atoms with E-state index in [0.29, 0.717) is 17.9 Å². The molecule has 0 aliphatic carbocycles. The van der Waals surface area contributed by atoms with Crippen LogP contribution in [0.4, 0.5) is 0 Å². The molecule has 0 heterocycles. The molecule has 0 bridgehead atoms. The van der Waals surface area contributed by atoms with Crippen LogP contribution in [0, 0.1) is 5.92 Å². The van der Waals surface area contributed by atoms with Gasteiger partial charge in [-0.3, -0.25) is 4.79 Å². The summed E-state index contributed by atoms with van der Waals surface area (Å²) in [7, 11) is 1.59. The molecule has 0 amide bonds. The highest BCUT2D eigenvalue weighted by molar-refractivity contribution is 6.30. The lowest BCUT2D eigenvalue weighted by atomic mass is 10.0. The van der Waals surface area contributed by atoms with Crippen molar-refractivity contribution < 1.29 is 14.6 Å². The summed E-state index contributed by atoms with van der Waals surface area (Å²) in [6.07, 6.45) is 1.23. The zero-order chi connectivity index (χ0) is 12.1. The van der Waals surface area contributed by atoms with Gasteiger partial charge in [-0.15, -0.1) is 0 Å². The minimum atomic E-state index is -0.777. The lowest BCUT2D eigenvalue weighted by Crippen LogP contribution is -2.10. The van der Waals surface area contributed by atoms with Crippen LogP contribution in [-0.2, 0) is 11.2 Å². The van der Waals surface area contributed by atoms with E-state index >= 15 is 0 Å². The van der Waals surface area contributed by atoms with E-state index in [1.165, 1.54) is 0 Å². The van der Waals surface area contributed by atoms with Gasteiger partial charge in [0, 0.05) is 5.02 Å². The Kier molecular flexibility index (Phi) is 4.62. The van der Waals surface area contributed by atoms with Crippen LogP contribution in [0.15, 0.2) is 18.2 Å². The van der Waals surface area contributed by atoms with Gasteiger partial charge in [0.15, 0.2) is 0 Å². The number of benzene rings is 1. The molecule has 0 aliphatic heterocycles. The number of carbonyl (C=O) groups is 1. The van der Waals surface area contributed by atoms with Gasteiger partial charge >= 0.3 is 5.97 Å². The third kappa shape index (κ3) is 3.42. The van der Waals surface area contributed by atoms with Crippen molar-refractivity contribution in [3.63, 3.8) is 0 Å². The number of hydrogen-bond acceptors (Lipinski definition) is 2. The Balaban J connectivity index is 2.72. The topological polar surface area (TPSA) is 46.5 Å². The standard InChI is InChI=1S/C12H15ClO3/c1-8(12(14)15)3-4-9-7-10(13)5-6-11(9)16-2/h5-8H,3-4H2,1-2H3,(H,14,15). The van der Waals surface area contributed by atoms with Crippen LogP contribution in [0.3, 0.4) is 0 Å². The zero-order valence-corrected chi connectivity index (χ0v) is 10.1. The van der Waals surface area contributed by atoms with Gasteiger partial charge in [0.25, 0.3) is 0 Å². The van der Waals surface area contributed by atoms with Crippen LogP contribution >= 0.6 is 11.6 Å². The van der Waals surface area contributed by atoms with Gasteiger partial charge in [0.2, 0.25) is 0 Å². The molecular formula is C12H15ClO3. The first kappa shape index (κ1) is 12.8. The second kappa shape index (κ2) is 5.75. The van der Waals surface area contributed by atoms with E-state index in [0.717, 1.165) is 11.3 Å². The fourth-order valence-corrected chi connectivity index (χ4v) is 1.63. The van der Waals surface area contributed by atoms with E-state index in [9.17, 15) is 4.79 Å². The molecule has 0 saturated heterocycles. The predicted octanol–water partition coefficient (Wildman–Crippen LogP) is 3.00. The molecule has 1 unspecified atom stereocenters. The molecule has 1 atom stereocenters. The highest BCUT2D eigenvalue weighted by Gasteiger charge is 2.12. The Morgan fingerprint density at radius 2 is 2.25 bits per heavy atom. The molecule has 1 aromatic carbocycles. The zero-order valence-electron chi connectivity index (χ0n) is 9.37. The second-order valence-electron chi connectivity index (χ2n) is 3.73. The van der Waals surface area contributed by atoms with E-state index in [-0.39, 0.29) is 5.92 Å². The third-order valence-corrected chi connectivity index (χ3v) is 2.75. The summed E-state index contributed by atoms with van der Waals surface area (Å²) in [4.78, 5) is 10.7. The summed E-state index contributed by atoms with van der Waals surface area (Å²) in [5.74, 6) is -0.383. The first-order valence-corrected chi connectivity index (χ1v) is 5.47. The highest BCUT2D eigenvalue weighted by Crippen LogP contribution is 2.24. The second-order valence-corrected chi connectivity index (χ2v) is 4.17. The summed E-state index contributed by atoms with van der Waals surface area (Å²) in [6, 6.07) is 5.36. The number of aliphatic carboxylic acids is 1. The minimum Gasteiger partial charge on any atom is -0.496 e. The predicted molar refractivity (Wildman–Crippen MR) is 63.1 cm³/mol. The number of rotatable bonds is 5. The number of carboxylic acid groups (broad SMARTS) is 1. The fourth-order valence-electron chi connectivity index (χ4n) is 1.44. The van der Waals surface area contributed by atoms with E-state index in [2.05, 4.69) is 0 Å². The molecule has 0 radical (unpaired) electrons. The summed E-state index contributed by atoms with van der Waals surface area (Å²) >= 11 is 5.88. The maximum atomic E-state index is 10.7. The van der Waals surface area contributed by atoms with Gasteiger partial charge in [-0.2, -0.15) is 0 Å². The molecule has 88 valence electrons. The van der Waals surface area contributed by atoms with Crippen molar-refractivity contribution in [3.8, 4) is 5.75 Å². The van der Waals surface area contributed by atoms with E-state index in [4.69, 9.17) is 21.4 Å². The van der Waals surface area contributed by atoms with Crippen LogP contribution in [0.25, 0.3) is 0 Å². The first-order valence-electron chi connectivity index (χ1n) is 5.09. The van der Waals surface area contributed by atoms with Crippen LogP contribution < -0.4 is 4.74 Å². The van der Waals surface area contributed by atoms with Gasteiger partial charge in [-0.25, -0.2) is 0 Å². The van der Waals surface area contributed by atoms with Crippen LogP contribution in [0.2, 0.25) is 5.02 Å². The SMILES string of the molecule is COc1ccc(Cl)cc1CCC(C)C(=O)O. The van der Waals surface area contributed by atoms with Crippen molar-refractivity contribution in [1.82, 2.24) is 0 Å². The maximum absolute atomic E-state index is 10.7. The molecule has 16 heavy (non-hydrogen) atoms. The van der Waals surface area contributed by atoms with Crippen molar-refractivity contribution in [2.24, 2.45) is 5.92 Å². The maximum Gasteiger partial charge on any atom is 0.306 e. The van der Waals surface area contributed by atoms with Crippen LogP contribution in [0.5, 0.6) is 5.75 Å². The minimum absolute atomic E-state index is 0.358. The fraction of sp³-hybridized carbons (Fsp3) is 0.417. The summed E-state index contributed by atoms with van der Waals surface area (Å²) < 4.78 is 5.19.